The Hall–Kier alpha value is -2.51. The van der Waals surface area contributed by atoms with Crippen molar-refractivity contribution in [1.29, 1.82) is 0 Å². The molecule has 7 nitrogen and oxygen atoms in total. The van der Waals surface area contributed by atoms with Gasteiger partial charge in [-0.3, -0.25) is 14.9 Å². The van der Waals surface area contributed by atoms with Gasteiger partial charge in [-0.05, 0) is 31.9 Å². The lowest BCUT2D eigenvalue weighted by Gasteiger charge is -2.23. The standard InChI is InChI=1S/C16H19FN2O5/c1-11(15(20)18-8-4-2-3-5-9-18)24-16(21)13-10-12(17)6-7-14(13)19(22)23/h6-7,10-11H,2-5,8-9H2,1H3. The van der Waals surface area contributed by atoms with Crippen LogP contribution < -0.4 is 0 Å². The number of amides is 1. The quantitative estimate of drug-likeness (QED) is 0.478. The summed E-state index contributed by atoms with van der Waals surface area (Å²) < 4.78 is 18.3. The fourth-order valence-corrected chi connectivity index (χ4v) is 2.65. The van der Waals surface area contributed by atoms with Gasteiger partial charge in [0, 0.05) is 19.2 Å². The number of likely N-dealkylation sites (tertiary alicyclic amines) is 1. The van der Waals surface area contributed by atoms with Gasteiger partial charge >= 0.3 is 5.97 Å². The highest BCUT2D eigenvalue weighted by Crippen LogP contribution is 2.21. The number of hydrogen-bond acceptors (Lipinski definition) is 5. The van der Waals surface area contributed by atoms with Crippen molar-refractivity contribution in [3.05, 3.63) is 39.7 Å². The molecule has 1 aromatic rings. The molecular formula is C16H19FN2O5. The number of hydrogen-bond donors (Lipinski definition) is 0. The second-order valence-corrected chi connectivity index (χ2v) is 5.71. The molecule has 24 heavy (non-hydrogen) atoms. The molecule has 1 aliphatic rings. The van der Waals surface area contributed by atoms with Gasteiger partial charge in [-0.1, -0.05) is 12.8 Å². The zero-order valence-corrected chi connectivity index (χ0v) is 13.4. The predicted molar refractivity (Wildman–Crippen MR) is 83.0 cm³/mol. The third kappa shape index (κ3) is 4.27. The summed E-state index contributed by atoms with van der Waals surface area (Å²) in [5.41, 5.74) is -1.06. The van der Waals surface area contributed by atoms with E-state index in [-0.39, 0.29) is 5.91 Å². The van der Waals surface area contributed by atoms with Crippen LogP contribution in [-0.2, 0) is 9.53 Å². The van der Waals surface area contributed by atoms with Crippen molar-refractivity contribution < 1.29 is 23.6 Å². The average Bonchev–Trinajstić information content (AvgIpc) is 2.82. The van der Waals surface area contributed by atoms with Gasteiger partial charge in [-0.2, -0.15) is 0 Å². The third-order valence-corrected chi connectivity index (χ3v) is 3.92. The first kappa shape index (κ1) is 17.8. The van der Waals surface area contributed by atoms with E-state index in [2.05, 4.69) is 0 Å². The summed E-state index contributed by atoms with van der Waals surface area (Å²) in [4.78, 5) is 36.2. The van der Waals surface area contributed by atoms with Crippen molar-refractivity contribution in [1.82, 2.24) is 4.90 Å². The molecule has 1 atom stereocenters. The van der Waals surface area contributed by atoms with Gasteiger partial charge in [0.25, 0.3) is 11.6 Å². The highest BCUT2D eigenvalue weighted by Gasteiger charge is 2.28. The van der Waals surface area contributed by atoms with Gasteiger partial charge < -0.3 is 9.64 Å². The number of rotatable bonds is 4. The molecule has 2 rings (SSSR count). The van der Waals surface area contributed by atoms with Crippen LogP contribution in [0.3, 0.4) is 0 Å². The molecule has 1 heterocycles. The van der Waals surface area contributed by atoms with Crippen LogP contribution in [0.4, 0.5) is 10.1 Å². The molecule has 1 unspecified atom stereocenters. The average molecular weight is 338 g/mol. The van der Waals surface area contributed by atoms with Crippen LogP contribution in [0, 0.1) is 15.9 Å². The molecule has 1 fully saturated rings. The first-order valence-electron chi connectivity index (χ1n) is 7.84. The molecule has 0 bridgehead atoms. The molecule has 0 N–H and O–H groups in total. The monoisotopic (exact) mass is 338 g/mol. The maximum Gasteiger partial charge on any atom is 0.346 e. The summed E-state index contributed by atoms with van der Waals surface area (Å²) in [6.07, 6.45) is 2.79. The van der Waals surface area contributed by atoms with Gasteiger partial charge in [-0.15, -0.1) is 0 Å². The zero-order valence-electron chi connectivity index (χ0n) is 13.4. The summed E-state index contributed by atoms with van der Waals surface area (Å²) in [7, 11) is 0. The van der Waals surface area contributed by atoms with Crippen LogP contribution >= 0.6 is 0 Å². The number of carbonyl (C=O) groups is 2. The number of nitro benzene ring substituents is 1. The summed E-state index contributed by atoms with van der Waals surface area (Å²) in [6.45, 7) is 2.61. The summed E-state index contributed by atoms with van der Waals surface area (Å²) in [5.74, 6) is -2.22. The van der Waals surface area contributed by atoms with Crippen LogP contribution in [0.5, 0.6) is 0 Å². The predicted octanol–water partition coefficient (Wildman–Crippen LogP) is 2.68. The molecule has 8 heteroatoms. The van der Waals surface area contributed by atoms with Crippen molar-refractivity contribution in [3.8, 4) is 0 Å². The topological polar surface area (TPSA) is 89.7 Å². The van der Waals surface area contributed by atoms with E-state index in [1.807, 2.05) is 0 Å². The SMILES string of the molecule is CC(OC(=O)c1cc(F)ccc1[N+](=O)[O-])C(=O)N1CCCCCC1. The van der Waals surface area contributed by atoms with Crippen molar-refractivity contribution in [2.75, 3.05) is 13.1 Å². The Bertz CT molecular complexity index is 641. The van der Waals surface area contributed by atoms with E-state index in [1.54, 1.807) is 4.90 Å². The zero-order chi connectivity index (χ0) is 17.7. The van der Waals surface area contributed by atoms with E-state index in [4.69, 9.17) is 4.74 Å². The van der Waals surface area contributed by atoms with E-state index >= 15 is 0 Å². The minimum atomic E-state index is -1.09. The van der Waals surface area contributed by atoms with Gasteiger partial charge in [0.1, 0.15) is 11.4 Å². The molecule has 1 saturated heterocycles. The Balaban J connectivity index is 2.09. The van der Waals surface area contributed by atoms with Gasteiger partial charge in [0.2, 0.25) is 0 Å². The number of nitro groups is 1. The highest BCUT2D eigenvalue weighted by atomic mass is 19.1. The Morgan fingerprint density at radius 3 is 2.46 bits per heavy atom. The third-order valence-electron chi connectivity index (χ3n) is 3.92. The van der Waals surface area contributed by atoms with Crippen molar-refractivity contribution >= 4 is 17.6 Å². The number of nitrogens with zero attached hydrogens (tertiary/aromatic N) is 2. The lowest BCUT2D eigenvalue weighted by Crippen LogP contribution is -2.40. The minimum absolute atomic E-state index is 0.343. The van der Waals surface area contributed by atoms with Crippen molar-refractivity contribution in [2.45, 2.75) is 38.7 Å². The van der Waals surface area contributed by atoms with E-state index in [1.165, 1.54) is 6.92 Å². The molecule has 0 saturated carbocycles. The Kier molecular flexibility index (Phi) is 5.83. The smallest absolute Gasteiger partial charge is 0.346 e. The summed E-state index contributed by atoms with van der Waals surface area (Å²) in [6, 6.07) is 2.53. The van der Waals surface area contributed by atoms with Crippen LogP contribution in [0.15, 0.2) is 18.2 Å². The first-order chi connectivity index (χ1) is 11.4. The van der Waals surface area contributed by atoms with E-state index in [0.717, 1.165) is 43.9 Å². The summed E-state index contributed by atoms with van der Waals surface area (Å²) >= 11 is 0. The number of ether oxygens (including phenoxy) is 1. The molecule has 0 radical (unpaired) electrons. The van der Waals surface area contributed by atoms with Gasteiger partial charge in [0.15, 0.2) is 6.10 Å². The Morgan fingerprint density at radius 1 is 1.25 bits per heavy atom. The van der Waals surface area contributed by atoms with E-state index in [0.29, 0.717) is 13.1 Å². The molecule has 130 valence electrons. The number of benzene rings is 1. The van der Waals surface area contributed by atoms with Gasteiger partial charge in [0.05, 0.1) is 4.92 Å². The maximum atomic E-state index is 13.3. The van der Waals surface area contributed by atoms with Crippen LogP contribution in [0.1, 0.15) is 43.0 Å². The van der Waals surface area contributed by atoms with Crippen molar-refractivity contribution in [3.63, 3.8) is 0 Å². The second-order valence-electron chi connectivity index (χ2n) is 5.71. The molecule has 0 aromatic heterocycles. The highest BCUT2D eigenvalue weighted by molar-refractivity contribution is 5.95. The van der Waals surface area contributed by atoms with E-state index < -0.39 is 34.1 Å². The number of halogens is 1. The molecule has 1 aromatic carbocycles. The van der Waals surface area contributed by atoms with Crippen LogP contribution in [0.25, 0.3) is 0 Å². The Labute approximate surface area is 138 Å². The lowest BCUT2D eigenvalue weighted by atomic mass is 10.1. The maximum absolute atomic E-state index is 13.3. The lowest BCUT2D eigenvalue weighted by molar-refractivity contribution is -0.385. The summed E-state index contributed by atoms with van der Waals surface area (Å²) in [5, 5.41) is 10.9. The molecule has 0 spiro atoms. The van der Waals surface area contributed by atoms with E-state index in [9.17, 15) is 24.1 Å². The Morgan fingerprint density at radius 2 is 1.88 bits per heavy atom. The molecule has 1 aliphatic heterocycles. The normalized spacial score (nSPS) is 16.2. The molecular weight excluding hydrogens is 319 g/mol. The van der Waals surface area contributed by atoms with Crippen LogP contribution in [0.2, 0.25) is 0 Å². The fourth-order valence-electron chi connectivity index (χ4n) is 2.65. The van der Waals surface area contributed by atoms with Crippen LogP contribution in [-0.4, -0.2) is 40.9 Å². The van der Waals surface area contributed by atoms with Gasteiger partial charge in [-0.25, -0.2) is 9.18 Å². The first-order valence-corrected chi connectivity index (χ1v) is 7.84. The number of carbonyl (C=O) groups excluding carboxylic acids is 2. The number of esters is 1. The van der Waals surface area contributed by atoms with Crippen molar-refractivity contribution in [2.24, 2.45) is 0 Å². The fraction of sp³-hybridized carbons (Fsp3) is 0.500. The molecule has 1 amide bonds. The minimum Gasteiger partial charge on any atom is -0.449 e. The largest absolute Gasteiger partial charge is 0.449 e. The second kappa shape index (κ2) is 7.85. The molecule has 0 aliphatic carbocycles.